The number of carbonyl (C=O) groups is 1. The van der Waals surface area contributed by atoms with Crippen LogP contribution in [0.5, 0.6) is 5.75 Å². The fourth-order valence-electron chi connectivity index (χ4n) is 4.20. The molecule has 6 nitrogen and oxygen atoms in total. The standard InChI is InChI=1S/C20H17ClN2O4S/c1-23-16(17(24)20(25)26-2)14-11-8-12(21)18-9(4-3-6-27-18)13(11)10-5-7-28-19(10)15(14)22-23/h5,7-8,17,24H,3-4,6H2,1-2H3. The van der Waals surface area contributed by atoms with Crippen LogP contribution in [0.4, 0.5) is 0 Å². The van der Waals surface area contributed by atoms with Crippen molar-refractivity contribution in [2.75, 3.05) is 13.7 Å². The second-order valence-electron chi connectivity index (χ2n) is 6.86. The van der Waals surface area contributed by atoms with Crippen LogP contribution < -0.4 is 4.74 Å². The van der Waals surface area contributed by atoms with Gasteiger partial charge in [-0.15, -0.1) is 11.3 Å². The SMILES string of the molecule is COC(=O)C(O)c1c2c3cc(Cl)c4c(c3c3ccsc3c2nn1C)CCCO4. The van der Waals surface area contributed by atoms with Crippen LogP contribution in [0.1, 0.15) is 23.8 Å². The average molecular weight is 417 g/mol. The Balaban J connectivity index is 2.02. The highest BCUT2D eigenvalue weighted by Gasteiger charge is 2.29. The third-order valence-corrected chi connectivity index (χ3v) is 6.55. The Morgan fingerprint density at radius 2 is 2.25 bits per heavy atom. The maximum atomic E-state index is 12.1. The first-order chi connectivity index (χ1) is 13.5. The van der Waals surface area contributed by atoms with Crippen LogP contribution in [0.3, 0.4) is 0 Å². The number of aliphatic hydroxyl groups is 1. The van der Waals surface area contributed by atoms with Crippen LogP contribution in [0.25, 0.3) is 31.8 Å². The summed E-state index contributed by atoms with van der Waals surface area (Å²) in [5.74, 6) is 0.00272. The number of ether oxygens (including phenoxy) is 2. The molecule has 1 unspecified atom stereocenters. The number of fused-ring (bicyclic) bond motifs is 8. The van der Waals surface area contributed by atoms with Crippen LogP contribution >= 0.6 is 22.9 Å². The molecule has 144 valence electrons. The lowest BCUT2D eigenvalue weighted by atomic mass is 9.92. The molecule has 8 heteroatoms. The van der Waals surface area contributed by atoms with E-state index in [1.54, 1.807) is 23.1 Å². The number of nitrogens with zero attached hydrogens (tertiary/aromatic N) is 2. The highest BCUT2D eigenvalue weighted by molar-refractivity contribution is 7.18. The van der Waals surface area contributed by atoms with Crippen molar-refractivity contribution in [2.45, 2.75) is 18.9 Å². The maximum Gasteiger partial charge on any atom is 0.341 e. The van der Waals surface area contributed by atoms with Gasteiger partial charge in [0.15, 0.2) is 6.10 Å². The summed E-state index contributed by atoms with van der Waals surface area (Å²) in [6, 6.07) is 3.94. The number of rotatable bonds is 2. The molecule has 3 heterocycles. The quantitative estimate of drug-likeness (QED) is 0.497. The summed E-state index contributed by atoms with van der Waals surface area (Å²) in [6.07, 6.45) is 0.334. The first-order valence-corrected chi connectivity index (χ1v) is 10.2. The van der Waals surface area contributed by atoms with E-state index in [0.717, 1.165) is 55.9 Å². The van der Waals surface area contributed by atoms with E-state index in [-0.39, 0.29) is 0 Å². The zero-order chi connectivity index (χ0) is 19.6. The van der Waals surface area contributed by atoms with Crippen molar-refractivity contribution in [3.05, 3.63) is 33.8 Å². The van der Waals surface area contributed by atoms with Crippen molar-refractivity contribution in [2.24, 2.45) is 7.05 Å². The van der Waals surface area contributed by atoms with Gasteiger partial charge in [0.05, 0.1) is 29.1 Å². The van der Waals surface area contributed by atoms with Crippen molar-refractivity contribution in [3.63, 3.8) is 0 Å². The summed E-state index contributed by atoms with van der Waals surface area (Å²) in [5, 5.41) is 21.6. The maximum absolute atomic E-state index is 12.1. The molecule has 0 saturated carbocycles. The monoisotopic (exact) mass is 416 g/mol. The molecule has 2 aromatic carbocycles. The summed E-state index contributed by atoms with van der Waals surface area (Å²) < 4.78 is 13.2. The van der Waals surface area contributed by atoms with E-state index in [4.69, 9.17) is 21.1 Å². The minimum absolute atomic E-state index is 0.398. The molecule has 0 aliphatic carbocycles. The Bertz CT molecular complexity index is 1280. The highest BCUT2D eigenvalue weighted by Crippen LogP contribution is 2.47. The first-order valence-electron chi connectivity index (χ1n) is 8.92. The average Bonchev–Trinajstić information content (AvgIpc) is 3.31. The fraction of sp³-hybridized carbons (Fsp3) is 0.300. The largest absolute Gasteiger partial charge is 0.492 e. The predicted octanol–water partition coefficient (Wildman–Crippen LogP) is 4.13. The minimum atomic E-state index is -1.44. The van der Waals surface area contributed by atoms with Gasteiger partial charge in [0.2, 0.25) is 0 Å². The van der Waals surface area contributed by atoms with Gasteiger partial charge < -0.3 is 14.6 Å². The van der Waals surface area contributed by atoms with Crippen molar-refractivity contribution in [1.82, 2.24) is 9.78 Å². The molecule has 1 aliphatic rings. The summed E-state index contributed by atoms with van der Waals surface area (Å²) in [5.41, 5.74) is 2.21. The summed E-state index contributed by atoms with van der Waals surface area (Å²) in [7, 11) is 2.97. The minimum Gasteiger partial charge on any atom is -0.492 e. The highest BCUT2D eigenvalue weighted by atomic mass is 35.5. The molecular weight excluding hydrogens is 400 g/mol. The van der Waals surface area contributed by atoms with Crippen molar-refractivity contribution >= 4 is 60.7 Å². The third-order valence-electron chi connectivity index (χ3n) is 5.34. The molecule has 0 bridgehead atoms. The van der Waals surface area contributed by atoms with Gasteiger partial charge in [-0.05, 0) is 41.1 Å². The number of esters is 1. The van der Waals surface area contributed by atoms with E-state index >= 15 is 0 Å². The van der Waals surface area contributed by atoms with Gasteiger partial charge in [-0.1, -0.05) is 11.6 Å². The van der Waals surface area contributed by atoms with Crippen molar-refractivity contribution in [1.29, 1.82) is 0 Å². The smallest absolute Gasteiger partial charge is 0.341 e. The molecule has 0 radical (unpaired) electrons. The van der Waals surface area contributed by atoms with Crippen LogP contribution in [-0.2, 0) is 23.0 Å². The van der Waals surface area contributed by atoms with Crippen LogP contribution in [0.15, 0.2) is 17.5 Å². The van der Waals surface area contributed by atoms with Gasteiger partial charge in [0.1, 0.15) is 11.3 Å². The number of aromatic nitrogens is 2. The van der Waals surface area contributed by atoms with E-state index in [1.807, 2.05) is 11.4 Å². The van der Waals surface area contributed by atoms with Crippen LogP contribution in [0.2, 0.25) is 5.02 Å². The molecule has 2 aromatic heterocycles. The van der Waals surface area contributed by atoms with Gasteiger partial charge in [-0.2, -0.15) is 5.10 Å². The Morgan fingerprint density at radius 3 is 3.04 bits per heavy atom. The Morgan fingerprint density at radius 1 is 1.43 bits per heavy atom. The Labute approximate surface area is 169 Å². The molecule has 1 N–H and O–H groups in total. The summed E-state index contributed by atoms with van der Waals surface area (Å²) in [4.78, 5) is 12.1. The number of aryl methyl sites for hydroxylation is 2. The van der Waals surface area contributed by atoms with Gasteiger partial charge >= 0.3 is 5.97 Å². The second kappa shape index (κ2) is 6.34. The summed E-state index contributed by atoms with van der Waals surface area (Å²) in [6.45, 7) is 0.645. The van der Waals surface area contributed by atoms with E-state index in [1.165, 1.54) is 7.11 Å². The van der Waals surface area contributed by atoms with E-state index < -0.39 is 12.1 Å². The normalized spacial score (nSPS) is 15.0. The second-order valence-corrected chi connectivity index (χ2v) is 8.19. The lowest BCUT2D eigenvalue weighted by Crippen LogP contribution is -2.17. The van der Waals surface area contributed by atoms with Crippen LogP contribution in [0, 0.1) is 0 Å². The number of benzene rings is 2. The van der Waals surface area contributed by atoms with E-state index in [2.05, 4.69) is 11.2 Å². The molecule has 28 heavy (non-hydrogen) atoms. The van der Waals surface area contributed by atoms with Gasteiger partial charge in [-0.3, -0.25) is 4.68 Å². The zero-order valence-electron chi connectivity index (χ0n) is 15.3. The predicted molar refractivity (Wildman–Crippen MR) is 109 cm³/mol. The number of hydrogen-bond acceptors (Lipinski definition) is 6. The van der Waals surface area contributed by atoms with E-state index in [9.17, 15) is 9.90 Å². The molecule has 0 saturated heterocycles. The summed E-state index contributed by atoms with van der Waals surface area (Å²) >= 11 is 8.16. The number of carbonyl (C=O) groups excluding carboxylic acids is 1. The number of thiophene rings is 1. The topological polar surface area (TPSA) is 73.6 Å². The molecule has 4 aromatic rings. The fourth-order valence-corrected chi connectivity index (χ4v) is 5.36. The molecule has 1 atom stereocenters. The molecular formula is C20H17ClN2O4S. The third kappa shape index (κ3) is 2.30. The zero-order valence-corrected chi connectivity index (χ0v) is 16.9. The molecule has 5 rings (SSSR count). The van der Waals surface area contributed by atoms with Crippen molar-refractivity contribution < 1.29 is 19.4 Å². The van der Waals surface area contributed by atoms with E-state index in [0.29, 0.717) is 17.3 Å². The number of methoxy groups -OCH3 is 1. The molecule has 0 spiro atoms. The van der Waals surface area contributed by atoms with Crippen LogP contribution in [-0.4, -0.2) is 34.6 Å². The van der Waals surface area contributed by atoms with Crippen molar-refractivity contribution in [3.8, 4) is 5.75 Å². The van der Waals surface area contributed by atoms with Gasteiger partial charge in [-0.25, -0.2) is 4.79 Å². The van der Waals surface area contributed by atoms with Gasteiger partial charge in [0, 0.05) is 23.4 Å². The molecule has 0 amide bonds. The Hall–Kier alpha value is -2.35. The molecule has 1 aliphatic heterocycles. The lowest BCUT2D eigenvalue weighted by Gasteiger charge is -2.21. The number of aliphatic hydroxyl groups excluding tert-OH is 1. The first kappa shape index (κ1) is 17.7. The lowest BCUT2D eigenvalue weighted by molar-refractivity contribution is -0.151. The Kier molecular flexibility index (Phi) is 4.01. The number of hydrogen-bond donors (Lipinski definition) is 1. The van der Waals surface area contributed by atoms with Gasteiger partial charge in [0.25, 0.3) is 0 Å². The molecule has 0 fully saturated rings. The number of halogens is 1.